The molecule has 0 amide bonds. The van der Waals surface area contributed by atoms with Crippen molar-refractivity contribution in [3.63, 3.8) is 0 Å². The highest BCUT2D eigenvalue weighted by Gasteiger charge is 2.25. The monoisotopic (exact) mass is 709 g/mol. The van der Waals surface area contributed by atoms with E-state index < -0.39 is 0 Å². The van der Waals surface area contributed by atoms with Gasteiger partial charge in [0.1, 0.15) is 4.83 Å². The van der Waals surface area contributed by atoms with E-state index in [2.05, 4.69) is 168 Å². The number of rotatable bonds is 3. The Morgan fingerprint density at radius 1 is 0.396 bits per heavy atom. The average Bonchev–Trinajstić information content (AvgIpc) is 3.90. The van der Waals surface area contributed by atoms with Gasteiger partial charge >= 0.3 is 0 Å². The zero-order valence-electron chi connectivity index (χ0n) is 28.2. The van der Waals surface area contributed by atoms with Crippen molar-refractivity contribution >= 4 is 106 Å². The zero-order valence-corrected chi connectivity index (χ0v) is 29.9. The molecule has 0 fully saturated rings. The summed E-state index contributed by atoms with van der Waals surface area (Å²) in [6, 6.07) is 59.1. The molecule has 8 aromatic carbocycles. The van der Waals surface area contributed by atoms with Gasteiger partial charge in [0.15, 0.2) is 0 Å². The second-order valence-electron chi connectivity index (χ2n) is 13.6. The van der Waals surface area contributed by atoms with Crippen LogP contribution in [-0.4, -0.2) is 14.5 Å². The van der Waals surface area contributed by atoms with E-state index in [1.807, 2.05) is 11.3 Å². The highest BCUT2D eigenvalue weighted by molar-refractivity contribution is 7.27. The van der Waals surface area contributed by atoms with E-state index in [1.54, 1.807) is 11.3 Å². The molecule has 0 bridgehead atoms. The van der Waals surface area contributed by atoms with E-state index in [-0.39, 0.29) is 0 Å². The van der Waals surface area contributed by atoms with Crippen LogP contribution in [0.1, 0.15) is 0 Å². The topological polar surface area (TPSA) is 30.7 Å². The van der Waals surface area contributed by atoms with Gasteiger partial charge in [0, 0.05) is 57.4 Å². The molecule has 0 atom stereocenters. The minimum Gasteiger partial charge on any atom is -0.277 e. The van der Waals surface area contributed by atoms with Crippen LogP contribution >= 0.6 is 22.7 Å². The number of aromatic nitrogens is 3. The molecule has 0 saturated heterocycles. The number of thiophene rings is 2. The van der Waals surface area contributed by atoms with E-state index in [4.69, 9.17) is 9.97 Å². The summed E-state index contributed by atoms with van der Waals surface area (Å²) in [6.45, 7) is 0. The predicted molar refractivity (Wildman–Crippen MR) is 228 cm³/mol. The summed E-state index contributed by atoms with van der Waals surface area (Å²) in [5.74, 6) is 0.688. The highest BCUT2D eigenvalue weighted by atomic mass is 32.1. The lowest BCUT2D eigenvalue weighted by Crippen LogP contribution is -2.03. The highest BCUT2D eigenvalue weighted by Crippen LogP contribution is 2.49. The van der Waals surface area contributed by atoms with Crippen molar-refractivity contribution in [1.82, 2.24) is 14.5 Å². The smallest absolute Gasteiger partial charge is 0.236 e. The molecule has 4 aromatic heterocycles. The second kappa shape index (κ2) is 11.1. The third-order valence-electron chi connectivity index (χ3n) is 10.8. The lowest BCUT2D eigenvalue weighted by atomic mass is 9.93. The van der Waals surface area contributed by atoms with Gasteiger partial charge in [-0.2, -0.15) is 0 Å². The fourth-order valence-corrected chi connectivity index (χ4v) is 10.9. The number of nitrogens with zero attached hydrogens (tertiary/aromatic N) is 3. The molecule has 246 valence electrons. The summed E-state index contributed by atoms with van der Waals surface area (Å²) in [5, 5.41) is 12.2. The van der Waals surface area contributed by atoms with Gasteiger partial charge < -0.3 is 0 Å². The van der Waals surface area contributed by atoms with Gasteiger partial charge in [-0.15, -0.1) is 22.7 Å². The van der Waals surface area contributed by atoms with Gasteiger partial charge in [0.05, 0.1) is 16.7 Å². The minimum atomic E-state index is 0.688. The van der Waals surface area contributed by atoms with Gasteiger partial charge in [0.2, 0.25) is 5.95 Å². The molecule has 0 aliphatic heterocycles. The Balaban J connectivity index is 1.27. The standard InChI is InChI=1S/C48H27N3S2/c1-2-14-28(15-3-1)29-26-27-33(31-17-5-4-16-30(29)31)44-42-36-21-9-13-25-40(36)53-47(42)50-48(49-44)51-38-23-11-8-20-35(38)41-32-18-6-7-19-34(32)46-43(45(41)51)37-22-10-12-24-39(37)52-46/h1-27H. The Morgan fingerprint density at radius 2 is 0.962 bits per heavy atom. The molecule has 0 aliphatic carbocycles. The average molecular weight is 710 g/mol. The van der Waals surface area contributed by atoms with Crippen LogP contribution in [-0.2, 0) is 0 Å². The quantitative estimate of drug-likeness (QED) is 0.183. The van der Waals surface area contributed by atoms with Crippen LogP contribution in [0.3, 0.4) is 0 Å². The SMILES string of the molecule is c1ccc(-c2ccc(-c3nc(-n4c5ccccc5c5c6ccccc6c6sc7ccccc7c6c54)nc4sc5ccccc5c34)c3ccccc23)cc1. The molecule has 3 nitrogen and oxygen atoms in total. The molecule has 0 spiro atoms. The van der Waals surface area contributed by atoms with Crippen LogP contribution in [0.15, 0.2) is 164 Å². The Morgan fingerprint density at radius 3 is 1.74 bits per heavy atom. The van der Waals surface area contributed by atoms with Gasteiger partial charge in [-0.25, -0.2) is 9.97 Å². The van der Waals surface area contributed by atoms with Crippen molar-refractivity contribution in [2.24, 2.45) is 0 Å². The van der Waals surface area contributed by atoms with E-state index in [0.29, 0.717) is 5.95 Å². The summed E-state index contributed by atoms with van der Waals surface area (Å²) >= 11 is 3.62. The van der Waals surface area contributed by atoms with E-state index in [1.165, 1.54) is 73.7 Å². The van der Waals surface area contributed by atoms with Crippen molar-refractivity contribution < 1.29 is 0 Å². The van der Waals surface area contributed by atoms with Crippen LogP contribution in [0.5, 0.6) is 0 Å². The molecule has 0 N–H and O–H groups in total. The minimum absolute atomic E-state index is 0.688. The fraction of sp³-hybridized carbons (Fsp3) is 0. The van der Waals surface area contributed by atoms with E-state index in [9.17, 15) is 0 Å². The van der Waals surface area contributed by atoms with Gasteiger partial charge in [-0.05, 0) is 45.5 Å². The second-order valence-corrected chi connectivity index (χ2v) is 15.7. The molecule has 5 heteroatoms. The number of hydrogen-bond donors (Lipinski definition) is 0. The van der Waals surface area contributed by atoms with Crippen LogP contribution in [0.25, 0.3) is 112 Å². The molecular weight excluding hydrogens is 683 g/mol. The van der Waals surface area contributed by atoms with Crippen molar-refractivity contribution in [2.75, 3.05) is 0 Å². The Kier molecular flexibility index (Phi) is 6.09. The summed E-state index contributed by atoms with van der Waals surface area (Å²) in [4.78, 5) is 12.2. The lowest BCUT2D eigenvalue weighted by molar-refractivity contribution is 1.02. The number of para-hydroxylation sites is 1. The summed E-state index contributed by atoms with van der Waals surface area (Å²) in [6.07, 6.45) is 0. The van der Waals surface area contributed by atoms with E-state index in [0.717, 1.165) is 32.5 Å². The summed E-state index contributed by atoms with van der Waals surface area (Å²) in [7, 11) is 0. The van der Waals surface area contributed by atoms with Crippen LogP contribution in [0.4, 0.5) is 0 Å². The lowest BCUT2D eigenvalue weighted by Gasteiger charge is -2.15. The van der Waals surface area contributed by atoms with Crippen molar-refractivity contribution in [2.45, 2.75) is 0 Å². The summed E-state index contributed by atoms with van der Waals surface area (Å²) < 4.78 is 6.14. The molecule has 0 aliphatic rings. The van der Waals surface area contributed by atoms with Crippen LogP contribution in [0.2, 0.25) is 0 Å². The van der Waals surface area contributed by atoms with Crippen molar-refractivity contribution in [3.05, 3.63) is 164 Å². The first kappa shape index (κ1) is 29.2. The summed E-state index contributed by atoms with van der Waals surface area (Å²) in [5.41, 5.74) is 6.74. The number of hydrogen-bond acceptors (Lipinski definition) is 4. The van der Waals surface area contributed by atoms with Gasteiger partial charge in [0.25, 0.3) is 0 Å². The molecule has 53 heavy (non-hydrogen) atoms. The van der Waals surface area contributed by atoms with Crippen molar-refractivity contribution in [3.8, 4) is 28.3 Å². The Bertz CT molecular complexity index is 3460. The van der Waals surface area contributed by atoms with Crippen LogP contribution in [0, 0.1) is 0 Å². The maximum atomic E-state index is 5.70. The maximum Gasteiger partial charge on any atom is 0.236 e. The largest absolute Gasteiger partial charge is 0.277 e. The normalized spacial score (nSPS) is 12.2. The molecule has 0 radical (unpaired) electrons. The molecule has 12 rings (SSSR count). The molecule has 0 saturated carbocycles. The number of fused-ring (bicyclic) bond motifs is 14. The first-order valence-corrected chi connectivity index (χ1v) is 19.5. The first-order chi connectivity index (χ1) is 26.3. The maximum absolute atomic E-state index is 5.70. The third kappa shape index (κ3) is 4.09. The van der Waals surface area contributed by atoms with Gasteiger partial charge in [-0.1, -0.05) is 146 Å². The van der Waals surface area contributed by atoms with Crippen molar-refractivity contribution in [1.29, 1.82) is 0 Å². The Hall–Kier alpha value is -6.40. The third-order valence-corrected chi connectivity index (χ3v) is 13.1. The number of benzene rings is 8. The predicted octanol–water partition coefficient (Wildman–Crippen LogP) is 13.9. The Labute approximate surface area is 311 Å². The van der Waals surface area contributed by atoms with E-state index >= 15 is 0 Å². The van der Waals surface area contributed by atoms with Gasteiger partial charge in [-0.3, -0.25) is 4.57 Å². The molecule has 0 unspecified atom stereocenters. The zero-order chi connectivity index (χ0) is 34.6. The molecule has 12 aromatic rings. The fourth-order valence-electron chi connectivity index (χ4n) is 8.61. The first-order valence-electron chi connectivity index (χ1n) is 17.8. The van der Waals surface area contributed by atoms with Crippen LogP contribution < -0.4 is 0 Å². The molecule has 4 heterocycles. The molecular formula is C48H27N3S2.